The average Bonchev–Trinajstić information content (AvgIpc) is 3.17. The van der Waals surface area contributed by atoms with Gasteiger partial charge in [0.1, 0.15) is 6.61 Å². The first-order valence-electron chi connectivity index (χ1n) is 12.9. The molecular weight excluding hydrogens is 456 g/mol. The molecule has 1 fully saturated rings. The van der Waals surface area contributed by atoms with Crippen LogP contribution in [0.4, 0.5) is 11.6 Å². The first-order chi connectivity index (χ1) is 17.6. The Morgan fingerprint density at radius 3 is 2.67 bits per heavy atom. The Morgan fingerprint density at radius 2 is 1.92 bits per heavy atom. The standard InChI is InChI=1S/C26H38N8O2/c1-5-9-34(10-6-2)25-29-24(30-26(31-25)36-16-13-33-11-14-35-15-12-33)18-27-32-21-7-8-23-22(17-21)19(3)20(4)28-23/h7-8,17-18,28,32H,5-6,9-16H2,1-4H3/b27-18+. The van der Waals surface area contributed by atoms with Crippen molar-refractivity contribution in [2.24, 2.45) is 5.10 Å². The normalized spacial score (nSPS) is 14.6. The zero-order chi connectivity index (χ0) is 25.3. The number of nitrogens with one attached hydrogen (secondary N) is 2. The monoisotopic (exact) mass is 494 g/mol. The van der Waals surface area contributed by atoms with Crippen molar-refractivity contribution in [3.05, 3.63) is 35.3 Å². The molecule has 1 saturated heterocycles. The fraction of sp³-hybridized carbons (Fsp3) is 0.538. The van der Waals surface area contributed by atoms with Crippen LogP contribution in [0.3, 0.4) is 0 Å². The van der Waals surface area contributed by atoms with Crippen LogP contribution in [0.2, 0.25) is 0 Å². The highest BCUT2D eigenvalue weighted by molar-refractivity contribution is 5.87. The zero-order valence-corrected chi connectivity index (χ0v) is 21.9. The average molecular weight is 495 g/mol. The Bertz CT molecular complexity index is 1150. The van der Waals surface area contributed by atoms with Gasteiger partial charge in [0.2, 0.25) is 5.95 Å². The summed E-state index contributed by atoms with van der Waals surface area (Å²) in [7, 11) is 0. The number of aryl methyl sites for hydroxylation is 2. The summed E-state index contributed by atoms with van der Waals surface area (Å²) in [5, 5.41) is 5.59. The third-order valence-corrected chi connectivity index (χ3v) is 6.31. The Morgan fingerprint density at radius 1 is 1.14 bits per heavy atom. The van der Waals surface area contributed by atoms with Gasteiger partial charge in [0, 0.05) is 49.3 Å². The molecule has 0 amide bonds. The van der Waals surface area contributed by atoms with Gasteiger partial charge >= 0.3 is 6.01 Å². The third-order valence-electron chi connectivity index (χ3n) is 6.31. The molecule has 0 bridgehead atoms. The molecule has 2 aromatic heterocycles. The summed E-state index contributed by atoms with van der Waals surface area (Å²) in [4.78, 5) is 21.7. The highest BCUT2D eigenvalue weighted by atomic mass is 16.5. The number of hydrogen-bond donors (Lipinski definition) is 2. The van der Waals surface area contributed by atoms with E-state index >= 15 is 0 Å². The summed E-state index contributed by atoms with van der Waals surface area (Å²) in [6, 6.07) is 6.47. The lowest BCUT2D eigenvalue weighted by atomic mass is 10.1. The zero-order valence-electron chi connectivity index (χ0n) is 21.9. The fourth-order valence-electron chi connectivity index (χ4n) is 4.26. The number of ether oxygens (including phenoxy) is 2. The maximum Gasteiger partial charge on any atom is 0.321 e. The minimum absolute atomic E-state index is 0.326. The molecule has 3 aromatic rings. The molecule has 1 aromatic carbocycles. The molecule has 194 valence electrons. The molecule has 10 heteroatoms. The lowest BCUT2D eigenvalue weighted by molar-refractivity contribution is 0.0317. The maximum atomic E-state index is 5.97. The van der Waals surface area contributed by atoms with Gasteiger partial charge in [-0.25, -0.2) is 0 Å². The van der Waals surface area contributed by atoms with Gasteiger partial charge in [-0.2, -0.15) is 20.1 Å². The Hall–Kier alpha value is -3.24. The van der Waals surface area contributed by atoms with Gasteiger partial charge in [-0.3, -0.25) is 10.3 Å². The van der Waals surface area contributed by atoms with Crippen LogP contribution in [0.5, 0.6) is 6.01 Å². The number of hydrogen-bond acceptors (Lipinski definition) is 9. The van der Waals surface area contributed by atoms with E-state index in [1.807, 2.05) is 6.07 Å². The number of hydrazone groups is 1. The molecule has 0 atom stereocenters. The molecule has 3 heterocycles. The number of H-pyrrole nitrogens is 1. The van der Waals surface area contributed by atoms with E-state index in [1.165, 1.54) is 16.6 Å². The van der Waals surface area contributed by atoms with Crippen molar-refractivity contribution >= 4 is 28.8 Å². The minimum atomic E-state index is 0.326. The van der Waals surface area contributed by atoms with E-state index in [4.69, 9.17) is 9.47 Å². The summed E-state index contributed by atoms with van der Waals surface area (Å²) in [5.41, 5.74) is 7.54. The lowest BCUT2D eigenvalue weighted by Crippen LogP contribution is -2.38. The predicted octanol–water partition coefficient (Wildman–Crippen LogP) is 3.75. The fourth-order valence-corrected chi connectivity index (χ4v) is 4.26. The third kappa shape index (κ3) is 6.70. The van der Waals surface area contributed by atoms with Crippen LogP contribution in [0.25, 0.3) is 10.9 Å². The van der Waals surface area contributed by atoms with Crippen molar-refractivity contribution in [3.63, 3.8) is 0 Å². The molecule has 0 saturated carbocycles. The number of anilines is 2. The van der Waals surface area contributed by atoms with Gasteiger partial charge in [0.15, 0.2) is 5.82 Å². The highest BCUT2D eigenvalue weighted by Crippen LogP contribution is 2.24. The van der Waals surface area contributed by atoms with E-state index in [1.54, 1.807) is 6.21 Å². The predicted molar refractivity (Wildman–Crippen MR) is 144 cm³/mol. The SMILES string of the molecule is CCCN(CCC)c1nc(/C=N/Nc2ccc3[nH]c(C)c(C)c3c2)nc(OCCN2CCOCC2)n1. The second kappa shape index (κ2) is 12.6. The molecule has 0 spiro atoms. The number of benzene rings is 1. The highest BCUT2D eigenvalue weighted by Gasteiger charge is 2.14. The van der Waals surface area contributed by atoms with Gasteiger partial charge < -0.3 is 19.4 Å². The summed E-state index contributed by atoms with van der Waals surface area (Å²) in [6.07, 6.45) is 3.63. The quantitative estimate of drug-likeness (QED) is 0.290. The van der Waals surface area contributed by atoms with Crippen LogP contribution >= 0.6 is 0 Å². The van der Waals surface area contributed by atoms with Crippen LogP contribution in [-0.4, -0.2) is 83.6 Å². The number of nitrogens with zero attached hydrogens (tertiary/aromatic N) is 6. The van der Waals surface area contributed by atoms with Crippen molar-refractivity contribution in [2.75, 3.05) is 62.9 Å². The number of aromatic amines is 1. The Balaban J connectivity index is 1.49. The molecule has 1 aliphatic heterocycles. The summed E-state index contributed by atoms with van der Waals surface area (Å²) < 4.78 is 11.4. The van der Waals surface area contributed by atoms with Crippen molar-refractivity contribution in [3.8, 4) is 6.01 Å². The number of rotatable bonds is 12. The van der Waals surface area contributed by atoms with Gasteiger partial charge in [-0.05, 0) is 50.5 Å². The molecular formula is C26H38N8O2. The largest absolute Gasteiger partial charge is 0.462 e. The summed E-state index contributed by atoms with van der Waals surface area (Å²) in [5.74, 6) is 1.08. The van der Waals surface area contributed by atoms with Gasteiger partial charge in [-0.15, -0.1) is 0 Å². The summed E-state index contributed by atoms with van der Waals surface area (Å²) >= 11 is 0. The number of fused-ring (bicyclic) bond motifs is 1. The molecule has 10 nitrogen and oxygen atoms in total. The summed E-state index contributed by atoms with van der Waals surface area (Å²) in [6.45, 7) is 14.9. The van der Waals surface area contributed by atoms with Crippen LogP contribution in [-0.2, 0) is 4.74 Å². The second-order valence-corrected chi connectivity index (χ2v) is 9.07. The van der Waals surface area contributed by atoms with E-state index in [2.05, 4.69) is 80.1 Å². The van der Waals surface area contributed by atoms with E-state index in [0.29, 0.717) is 24.4 Å². The van der Waals surface area contributed by atoms with Crippen molar-refractivity contribution in [2.45, 2.75) is 40.5 Å². The van der Waals surface area contributed by atoms with Crippen molar-refractivity contribution < 1.29 is 9.47 Å². The topological polar surface area (TPSA) is 104 Å². The number of aromatic nitrogens is 4. The molecule has 0 radical (unpaired) electrons. The van der Waals surface area contributed by atoms with Crippen LogP contribution in [0.15, 0.2) is 23.3 Å². The van der Waals surface area contributed by atoms with Crippen LogP contribution in [0.1, 0.15) is 43.8 Å². The Kier molecular flexibility index (Phi) is 9.07. The van der Waals surface area contributed by atoms with E-state index in [0.717, 1.165) is 70.0 Å². The Labute approximate surface area is 213 Å². The van der Waals surface area contributed by atoms with Gasteiger partial charge in [0.05, 0.1) is 25.1 Å². The van der Waals surface area contributed by atoms with Gasteiger partial charge in [-0.1, -0.05) is 13.8 Å². The first-order valence-corrected chi connectivity index (χ1v) is 12.9. The first kappa shape index (κ1) is 25.8. The van der Waals surface area contributed by atoms with Crippen LogP contribution in [0, 0.1) is 13.8 Å². The van der Waals surface area contributed by atoms with Crippen molar-refractivity contribution in [1.29, 1.82) is 0 Å². The molecule has 0 unspecified atom stereocenters. The molecule has 1 aliphatic rings. The van der Waals surface area contributed by atoms with Crippen molar-refractivity contribution in [1.82, 2.24) is 24.8 Å². The van der Waals surface area contributed by atoms with Crippen LogP contribution < -0.4 is 15.1 Å². The maximum absolute atomic E-state index is 5.97. The minimum Gasteiger partial charge on any atom is -0.462 e. The van der Waals surface area contributed by atoms with Gasteiger partial charge in [0.25, 0.3) is 0 Å². The lowest BCUT2D eigenvalue weighted by Gasteiger charge is -2.26. The van der Waals surface area contributed by atoms with E-state index in [9.17, 15) is 0 Å². The number of morpholine rings is 1. The van der Waals surface area contributed by atoms with E-state index in [-0.39, 0.29) is 0 Å². The second-order valence-electron chi connectivity index (χ2n) is 9.07. The molecule has 36 heavy (non-hydrogen) atoms. The smallest absolute Gasteiger partial charge is 0.321 e. The molecule has 2 N–H and O–H groups in total. The molecule has 4 rings (SSSR count). The van der Waals surface area contributed by atoms with E-state index < -0.39 is 0 Å². The molecule has 0 aliphatic carbocycles.